The summed E-state index contributed by atoms with van der Waals surface area (Å²) in [5, 5.41) is 0. The van der Waals surface area contributed by atoms with Gasteiger partial charge in [-0.1, -0.05) is 29.8 Å². The number of rotatable bonds is 3. The molecule has 1 aliphatic rings. The summed E-state index contributed by atoms with van der Waals surface area (Å²) in [5.74, 6) is 0.540. The molecular weight excluding hydrogens is 358 g/mol. The summed E-state index contributed by atoms with van der Waals surface area (Å²) in [5.41, 5.74) is 3.06. The average molecular weight is 372 g/mol. The van der Waals surface area contributed by atoms with Crippen molar-refractivity contribution in [1.29, 1.82) is 0 Å². The Morgan fingerprint density at radius 3 is 2.57 bits per heavy atom. The van der Waals surface area contributed by atoms with Crippen LogP contribution in [0.25, 0.3) is 6.08 Å². The first kappa shape index (κ1) is 15.5. The predicted molar refractivity (Wildman–Crippen MR) is 92.5 cm³/mol. The van der Waals surface area contributed by atoms with Crippen LogP contribution in [-0.2, 0) is 9.53 Å². The van der Waals surface area contributed by atoms with Gasteiger partial charge in [0, 0.05) is 5.56 Å². The number of carbonyl (C=O) groups excluding carboxylic acids is 1. The van der Waals surface area contributed by atoms with Crippen molar-refractivity contribution in [1.82, 2.24) is 0 Å². The number of aryl methyl sites for hydroxylation is 1. The molecule has 1 aliphatic heterocycles. The van der Waals surface area contributed by atoms with Crippen molar-refractivity contribution in [3.05, 3.63) is 69.3 Å². The fourth-order valence-electron chi connectivity index (χ4n) is 2.15. The first-order chi connectivity index (χ1) is 11.1. The SMILES string of the molecule is COc1ccc(C2=N/C(=C\c3ccc(C)cc3)C(=O)O2)cc1Br. The molecule has 0 unspecified atom stereocenters. The van der Waals surface area contributed by atoms with Gasteiger partial charge in [0.05, 0.1) is 11.6 Å². The van der Waals surface area contributed by atoms with E-state index in [2.05, 4.69) is 20.9 Å². The molecule has 116 valence electrons. The minimum absolute atomic E-state index is 0.288. The number of ether oxygens (including phenoxy) is 2. The zero-order chi connectivity index (χ0) is 16.4. The molecule has 0 bridgehead atoms. The lowest BCUT2D eigenvalue weighted by atomic mass is 10.1. The minimum Gasteiger partial charge on any atom is -0.496 e. The van der Waals surface area contributed by atoms with Crippen LogP contribution < -0.4 is 4.74 Å². The third kappa shape index (κ3) is 3.35. The molecule has 0 amide bonds. The maximum Gasteiger partial charge on any atom is 0.363 e. The van der Waals surface area contributed by atoms with Gasteiger partial charge in [-0.3, -0.25) is 0 Å². The van der Waals surface area contributed by atoms with E-state index in [1.54, 1.807) is 31.4 Å². The van der Waals surface area contributed by atoms with Crippen molar-refractivity contribution in [2.45, 2.75) is 6.92 Å². The van der Waals surface area contributed by atoms with E-state index in [1.165, 1.54) is 0 Å². The monoisotopic (exact) mass is 371 g/mol. The number of hydrogen-bond donors (Lipinski definition) is 0. The summed E-state index contributed by atoms with van der Waals surface area (Å²) in [6, 6.07) is 13.2. The second-order valence-corrected chi connectivity index (χ2v) is 5.95. The molecule has 0 N–H and O–H groups in total. The first-order valence-electron chi connectivity index (χ1n) is 7.00. The molecule has 0 aromatic heterocycles. The number of nitrogens with zero attached hydrogens (tertiary/aromatic N) is 1. The highest BCUT2D eigenvalue weighted by Gasteiger charge is 2.24. The van der Waals surface area contributed by atoms with Crippen LogP contribution in [0.1, 0.15) is 16.7 Å². The normalized spacial score (nSPS) is 15.5. The van der Waals surface area contributed by atoms with Gasteiger partial charge in [-0.05, 0) is 52.7 Å². The van der Waals surface area contributed by atoms with Crippen molar-refractivity contribution in [2.24, 2.45) is 4.99 Å². The predicted octanol–water partition coefficient (Wildman–Crippen LogP) is 4.11. The Morgan fingerprint density at radius 1 is 1.17 bits per heavy atom. The highest BCUT2D eigenvalue weighted by Crippen LogP contribution is 2.27. The fraction of sp³-hybridized carbons (Fsp3) is 0.111. The third-order valence-electron chi connectivity index (χ3n) is 3.40. The number of benzene rings is 2. The Bertz CT molecular complexity index is 823. The van der Waals surface area contributed by atoms with E-state index in [0.29, 0.717) is 11.3 Å². The topological polar surface area (TPSA) is 47.9 Å². The van der Waals surface area contributed by atoms with Crippen LogP contribution in [0.3, 0.4) is 0 Å². The molecule has 0 spiro atoms. The summed E-state index contributed by atoms with van der Waals surface area (Å²) in [6.07, 6.45) is 1.72. The molecule has 2 aromatic rings. The molecule has 0 saturated carbocycles. The molecule has 4 nitrogen and oxygen atoms in total. The summed E-state index contributed by atoms with van der Waals surface area (Å²) >= 11 is 3.41. The van der Waals surface area contributed by atoms with Gasteiger partial charge in [0.1, 0.15) is 5.75 Å². The van der Waals surface area contributed by atoms with E-state index in [4.69, 9.17) is 9.47 Å². The van der Waals surface area contributed by atoms with Gasteiger partial charge in [-0.25, -0.2) is 9.79 Å². The van der Waals surface area contributed by atoms with Crippen LogP contribution in [-0.4, -0.2) is 19.0 Å². The molecular formula is C18H14BrNO3. The van der Waals surface area contributed by atoms with E-state index in [0.717, 1.165) is 15.6 Å². The minimum atomic E-state index is -0.451. The molecule has 23 heavy (non-hydrogen) atoms. The molecule has 1 heterocycles. The molecule has 5 heteroatoms. The summed E-state index contributed by atoms with van der Waals surface area (Å²) in [4.78, 5) is 16.3. The molecule has 0 atom stereocenters. The van der Waals surface area contributed by atoms with Crippen LogP contribution in [0.2, 0.25) is 0 Å². The van der Waals surface area contributed by atoms with Gasteiger partial charge in [0.25, 0.3) is 0 Å². The second-order valence-electron chi connectivity index (χ2n) is 5.10. The van der Waals surface area contributed by atoms with Gasteiger partial charge in [0.15, 0.2) is 5.70 Å². The van der Waals surface area contributed by atoms with Crippen LogP contribution >= 0.6 is 15.9 Å². The molecule has 3 rings (SSSR count). The van der Waals surface area contributed by atoms with Gasteiger partial charge in [-0.15, -0.1) is 0 Å². The van der Waals surface area contributed by atoms with Crippen molar-refractivity contribution in [3.8, 4) is 5.75 Å². The van der Waals surface area contributed by atoms with Crippen molar-refractivity contribution in [2.75, 3.05) is 7.11 Å². The number of cyclic esters (lactones) is 1. The Labute approximate surface area is 142 Å². The molecule has 0 aliphatic carbocycles. The fourth-order valence-corrected chi connectivity index (χ4v) is 2.69. The smallest absolute Gasteiger partial charge is 0.363 e. The lowest BCUT2D eigenvalue weighted by Crippen LogP contribution is -2.05. The zero-order valence-electron chi connectivity index (χ0n) is 12.7. The van der Waals surface area contributed by atoms with Gasteiger partial charge in [-0.2, -0.15) is 0 Å². The summed E-state index contributed by atoms with van der Waals surface area (Å²) in [7, 11) is 1.59. The zero-order valence-corrected chi connectivity index (χ0v) is 14.3. The Hall–Kier alpha value is -2.40. The number of hydrogen-bond acceptors (Lipinski definition) is 4. The molecule has 0 radical (unpaired) electrons. The molecule has 2 aromatic carbocycles. The lowest BCUT2D eigenvalue weighted by molar-refractivity contribution is -0.129. The maximum absolute atomic E-state index is 12.0. The highest BCUT2D eigenvalue weighted by atomic mass is 79.9. The standard InChI is InChI=1S/C18H14BrNO3/c1-11-3-5-12(6-4-11)9-15-18(21)23-17(20-15)13-7-8-16(22-2)14(19)10-13/h3-10H,1-2H3/b15-9-. The van der Waals surface area contributed by atoms with Crippen LogP contribution in [0.15, 0.2) is 57.6 Å². The van der Waals surface area contributed by atoms with E-state index in [9.17, 15) is 4.79 Å². The maximum atomic E-state index is 12.0. The highest BCUT2D eigenvalue weighted by molar-refractivity contribution is 9.10. The number of methoxy groups -OCH3 is 1. The first-order valence-corrected chi connectivity index (χ1v) is 7.79. The van der Waals surface area contributed by atoms with E-state index in [-0.39, 0.29) is 11.6 Å². The second kappa shape index (κ2) is 6.38. The van der Waals surface area contributed by atoms with E-state index >= 15 is 0 Å². The van der Waals surface area contributed by atoms with E-state index < -0.39 is 5.97 Å². The van der Waals surface area contributed by atoms with Gasteiger partial charge >= 0.3 is 5.97 Å². The third-order valence-corrected chi connectivity index (χ3v) is 4.02. The Kier molecular flexibility index (Phi) is 4.30. The van der Waals surface area contributed by atoms with Crippen molar-refractivity contribution < 1.29 is 14.3 Å². The Balaban J connectivity index is 1.92. The largest absolute Gasteiger partial charge is 0.496 e. The van der Waals surface area contributed by atoms with Crippen molar-refractivity contribution in [3.63, 3.8) is 0 Å². The van der Waals surface area contributed by atoms with Crippen LogP contribution in [0.5, 0.6) is 5.75 Å². The number of aliphatic imine (C=N–C) groups is 1. The van der Waals surface area contributed by atoms with Crippen LogP contribution in [0.4, 0.5) is 0 Å². The van der Waals surface area contributed by atoms with Gasteiger partial charge < -0.3 is 9.47 Å². The van der Waals surface area contributed by atoms with Crippen LogP contribution in [0, 0.1) is 6.92 Å². The quantitative estimate of drug-likeness (QED) is 0.602. The lowest BCUT2D eigenvalue weighted by Gasteiger charge is -2.05. The summed E-state index contributed by atoms with van der Waals surface area (Å²) in [6.45, 7) is 2.01. The Morgan fingerprint density at radius 2 is 1.91 bits per heavy atom. The number of halogens is 1. The van der Waals surface area contributed by atoms with Crippen molar-refractivity contribution >= 4 is 33.9 Å². The number of carbonyl (C=O) groups is 1. The molecule has 0 saturated heterocycles. The number of esters is 1. The average Bonchev–Trinajstić information content (AvgIpc) is 2.90. The molecule has 0 fully saturated rings. The summed E-state index contributed by atoms with van der Waals surface area (Å²) < 4.78 is 11.2. The van der Waals surface area contributed by atoms with Gasteiger partial charge in [0.2, 0.25) is 5.90 Å². The van der Waals surface area contributed by atoms with E-state index in [1.807, 2.05) is 31.2 Å².